The zero-order chi connectivity index (χ0) is 14.4. The molecule has 1 N–H and O–H groups in total. The molecule has 0 unspecified atom stereocenters. The zero-order valence-electron chi connectivity index (χ0n) is 12.0. The number of sulfonamides is 1. The van der Waals surface area contributed by atoms with Gasteiger partial charge in [0.2, 0.25) is 10.0 Å². The molecule has 0 spiro atoms. The van der Waals surface area contributed by atoms with Gasteiger partial charge in [0.1, 0.15) is 0 Å². The predicted molar refractivity (Wildman–Crippen MR) is 82.1 cm³/mol. The standard InChI is InChI=1S/C16H23NO2S/c1-14-9-11-16(12-10-14)20(18,19)17-13-5-8-15-6-3-2-4-7-15/h5,8-12,15,17H,2-4,6-7,13H2,1H3/b8-5+. The zero-order valence-corrected chi connectivity index (χ0v) is 12.8. The summed E-state index contributed by atoms with van der Waals surface area (Å²) in [5.74, 6) is 0.632. The van der Waals surface area contributed by atoms with E-state index in [1.807, 2.05) is 25.1 Å². The Bertz CT molecular complexity index is 540. The third-order valence-corrected chi connectivity index (χ3v) is 5.22. The number of benzene rings is 1. The molecule has 1 aliphatic rings. The maximum Gasteiger partial charge on any atom is 0.240 e. The van der Waals surface area contributed by atoms with Crippen LogP contribution in [-0.2, 0) is 10.0 Å². The number of hydrogen-bond acceptors (Lipinski definition) is 2. The van der Waals surface area contributed by atoms with E-state index < -0.39 is 10.0 Å². The number of aryl methyl sites for hydroxylation is 1. The molecule has 0 amide bonds. The van der Waals surface area contributed by atoms with Gasteiger partial charge in [-0.1, -0.05) is 49.1 Å². The summed E-state index contributed by atoms with van der Waals surface area (Å²) in [6.45, 7) is 2.31. The van der Waals surface area contributed by atoms with Crippen molar-refractivity contribution in [2.75, 3.05) is 6.54 Å². The van der Waals surface area contributed by atoms with Crippen molar-refractivity contribution in [1.82, 2.24) is 4.72 Å². The van der Waals surface area contributed by atoms with Crippen LogP contribution >= 0.6 is 0 Å². The predicted octanol–water partition coefficient (Wildman–Crippen LogP) is 3.41. The first kappa shape index (κ1) is 15.3. The number of allylic oxidation sites excluding steroid dienone is 1. The summed E-state index contributed by atoms with van der Waals surface area (Å²) in [6.07, 6.45) is 10.5. The number of nitrogens with one attached hydrogen (secondary N) is 1. The lowest BCUT2D eigenvalue weighted by Crippen LogP contribution is -2.23. The third-order valence-electron chi connectivity index (χ3n) is 3.78. The van der Waals surface area contributed by atoms with Gasteiger partial charge in [-0.15, -0.1) is 0 Å². The summed E-state index contributed by atoms with van der Waals surface area (Å²) >= 11 is 0. The van der Waals surface area contributed by atoms with Gasteiger partial charge < -0.3 is 0 Å². The highest BCUT2D eigenvalue weighted by molar-refractivity contribution is 7.89. The van der Waals surface area contributed by atoms with Crippen molar-refractivity contribution in [2.24, 2.45) is 5.92 Å². The summed E-state index contributed by atoms with van der Waals surface area (Å²) in [5.41, 5.74) is 1.06. The second-order valence-electron chi connectivity index (χ2n) is 5.49. The molecule has 0 radical (unpaired) electrons. The number of hydrogen-bond donors (Lipinski definition) is 1. The first-order valence-electron chi connectivity index (χ1n) is 7.31. The average Bonchev–Trinajstić information content (AvgIpc) is 2.45. The Morgan fingerprint density at radius 3 is 2.45 bits per heavy atom. The molecule has 4 heteroatoms. The minimum Gasteiger partial charge on any atom is -0.207 e. The minimum absolute atomic E-state index is 0.328. The van der Waals surface area contributed by atoms with Gasteiger partial charge in [0.05, 0.1) is 4.90 Å². The quantitative estimate of drug-likeness (QED) is 0.846. The second-order valence-corrected chi connectivity index (χ2v) is 7.26. The molecule has 1 aromatic rings. The molecule has 0 atom stereocenters. The van der Waals surface area contributed by atoms with Gasteiger partial charge in [0.15, 0.2) is 0 Å². The van der Waals surface area contributed by atoms with Crippen LogP contribution in [-0.4, -0.2) is 15.0 Å². The highest BCUT2D eigenvalue weighted by atomic mass is 32.2. The molecule has 20 heavy (non-hydrogen) atoms. The van der Waals surface area contributed by atoms with Crippen molar-refractivity contribution < 1.29 is 8.42 Å². The van der Waals surface area contributed by atoms with Crippen LogP contribution in [0.3, 0.4) is 0 Å². The van der Waals surface area contributed by atoms with Crippen molar-refractivity contribution in [3.05, 3.63) is 42.0 Å². The molecule has 0 bridgehead atoms. The molecular formula is C16H23NO2S. The monoisotopic (exact) mass is 293 g/mol. The fraction of sp³-hybridized carbons (Fsp3) is 0.500. The smallest absolute Gasteiger partial charge is 0.207 e. The van der Waals surface area contributed by atoms with Gasteiger partial charge >= 0.3 is 0 Å². The lowest BCUT2D eigenvalue weighted by atomic mass is 9.89. The lowest BCUT2D eigenvalue weighted by molar-refractivity contribution is 0.419. The molecule has 0 saturated heterocycles. The fourth-order valence-electron chi connectivity index (χ4n) is 2.55. The summed E-state index contributed by atoms with van der Waals surface area (Å²) in [6, 6.07) is 6.91. The normalized spacial score (nSPS) is 17.6. The molecule has 110 valence electrons. The largest absolute Gasteiger partial charge is 0.240 e. The van der Waals surface area contributed by atoms with Gasteiger partial charge in [-0.25, -0.2) is 13.1 Å². The fourth-order valence-corrected chi connectivity index (χ4v) is 3.52. The molecule has 0 aromatic heterocycles. The van der Waals surface area contributed by atoms with Gasteiger partial charge in [-0.05, 0) is 37.8 Å². The maximum absolute atomic E-state index is 12.0. The van der Waals surface area contributed by atoms with Crippen LogP contribution < -0.4 is 4.72 Å². The summed E-state index contributed by atoms with van der Waals surface area (Å²) in [4.78, 5) is 0.328. The van der Waals surface area contributed by atoms with Gasteiger partial charge in [-0.3, -0.25) is 0 Å². The van der Waals surface area contributed by atoms with Crippen molar-refractivity contribution in [2.45, 2.75) is 43.9 Å². The molecule has 0 heterocycles. The van der Waals surface area contributed by atoms with E-state index >= 15 is 0 Å². The van der Waals surface area contributed by atoms with E-state index in [-0.39, 0.29) is 0 Å². The van der Waals surface area contributed by atoms with E-state index in [9.17, 15) is 8.42 Å². The van der Waals surface area contributed by atoms with Crippen molar-refractivity contribution in [3.63, 3.8) is 0 Å². The van der Waals surface area contributed by atoms with Crippen LogP contribution in [0.2, 0.25) is 0 Å². The van der Waals surface area contributed by atoms with Crippen LogP contribution in [0.4, 0.5) is 0 Å². The molecule has 0 aliphatic heterocycles. The SMILES string of the molecule is Cc1ccc(S(=O)(=O)NC/C=C/C2CCCCC2)cc1. The Morgan fingerprint density at radius 2 is 1.80 bits per heavy atom. The maximum atomic E-state index is 12.0. The van der Waals surface area contributed by atoms with Crippen LogP contribution in [0, 0.1) is 12.8 Å². The second kappa shape index (κ2) is 7.04. The van der Waals surface area contributed by atoms with Crippen molar-refractivity contribution in [3.8, 4) is 0 Å². The Morgan fingerprint density at radius 1 is 1.15 bits per heavy atom. The van der Waals surface area contributed by atoms with Crippen LogP contribution in [0.15, 0.2) is 41.3 Å². The molecule has 1 saturated carbocycles. The number of rotatable bonds is 5. The van der Waals surface area contributed by atoms with Crippen molar-refractivity contribution in [1.29, 1.82) is 0 Å². The van der Waals surface area contributed by atoms with E-state index in [0.29, 0.717) is 17.4 Å². The topological polar surface area (TPSA) is 46.2 Å². The molecule has 3 nitrogen and oxygen atoms in total. The summed E-state index contributed by atoms with van der Waals surface area (Å²) in [5, 5.41) is 0. The Hall–Kier alpha value is -1.13. The van der Waals surface area contributed by atoms with Crippen molar-refractivity contribution >= 4 is 10.0 Å². The first-order chi connectivity index (χ1) is 9.58. The molecule has 1 fully saturated rings. The van der Waals surface area contributed by atoms with Gasteiger partial charge in [-0.2, -0.15) is 0 Å². The van der Waals surface area contributed by atoms with E-state index in [0.717, 1.165) is 5.56 Å². The van der Waals surface area contributed by atoms with Crippen LogP contribution in [0.1, 0.15) is 37.7 Å². The minimum atomic E-state index is -3.38. The molecule has 2 rings (SSSR count). The average molecular weight is 293 g/mol. The molecule has 1 aromatic carbocycles. The highest BCUT2D eigenvalue weighted by Gasteiger charge is 2.12. The van der Waals surface area contributed by atoms with E-state index in [4.69, 9.17) is 0 Å². The van der Waals surface area contributed by atoms with Crippen LogP contribution in [0.5, 0.6) is 0 Å². The van der Waals surface area contributed by atoms with Gasteiger partial charge in [0.25, 0.3) is 0 Å². The highest BCUT2D eigenvalue weighted by Crippen LogP contribution is 2.24. The van der Waals surface area contributed by atoms with Gasteiger partial charge in [0, 0.05) is 6.54 Å². The van der Waals surface area contributed by atoms with E-state index in [1.54, 1.807) is 12.1 Å². The van der Waals surface area contributed by atoms with E-state index in [2.05, 4.69) is 10.8 Å². The van der Waals surface area contributed by atoms with Crippen LogP contribution in [0.25, 0.3) is 0 Å². The first-order valence-corrected chi connectivity index (χ1v) is 8.79. The third kappa shape index (κ3) is 4.46. The molecule has 1 aliphatic carbocycles. The van der Waals surface area contributed by atoms with E-state index in [1.165, 1.54) is 32.1 Å². The summed E-state index contributed by atoms with van der Waals surface area (Å²) < 4.78 is 26.7. The Balaban J connectivity index is 1.86. The Labute approximate surface area is 122 Å². The lowest BCUT2D eigenvalue weighted by Gasteiger charge is -2.17. The summed E-state index contributed by atoms with van der Waals surface area (Å²) in [7, 11) is -3.38. The molecular weight excluding hydrogens is 270 g/mol. The Kier molecular flexibility index (Phi) is 5.38.